The fourth-order valence-electron chi connectivity index (χ4n) is 3.18. The van der Waals surface area contributed by atoms with Crippen molar-refractivity contribution in [2.24, 2.45) is 0 Å². The summed E-state index contributed by atoms with van der Waals surface area (Å²) < 4.78 is 1.74. The largest absolute Gasteiger partial charge is 0.336 e. The second kappa shape index (κ2) is 14.3. The predicted octanol–water partition coefficient (Wildman–Crippen LogP) is 5.58. The molecule has 1 aromatic heterocycles. The summed E-state index contributed by atoms with van der Waals surface area (Å²) in [4.78, 5) is 0. The van der Waals surface area contributed by atoms with Crippen molar-refractivity contribution in [3.8, 4) is 0 Å². The standard InChI is InChI=1S/C20H40N4/c1-3-5-7-9-11-13-15-17-19-22-23-20(24(19)21)18-16-14-12-10-8-6-4-2/h3-18,21H2,1-2H3. The van der Waals surface area contributed by atoms with Crippen molar-refractivity contribution in [1.82, 2.24) is 14.9 Å². The van der Waals surface area contributed by atoms with Crippen molar-refractivity contribution in [1.29, 1.82) is 0 Å². The maximum atomic E-state index is 6.16. The third kappa shape index (κ3) is 9.29. The van der Waals surface area contributed by atoms with Gasteiger partial charge in [0.1, 0.15) is 0 Å². The van der Waals surface area contributed by atoms with Gasteiger partial charge in [-0.1, -0.05) is 90.9 Å². The molecule has 24 heavy (non-hydrogen) atoms. The molecule has 4 heteroatoms. The van der Waals surface area contributed by atoms with Gasteiger partial charge in [-0.25, -0.2) is 4.68 Å². The van der Waals surface area contributed by atoms with Crippen LogP contribution in [0.15, 0.2) is 0 Å². The van der Waals surface area contributed by atoms with Crippen molar-refractivity contribution < 1.29 is 0 Å². The number of hydrogen-bond donors (Lipinski definition) is 1. The van der Waals surface area contributed by atoms with Crippen LogP contribution in [-0.4, -0.2) is 14.9 Å². The third-order valence-electron chi connectivity index (χ3n) is 4.84. The van der Waals surface area contributed by atoms with Crippen LogP contribution in [-0.2, 0) is 12.8 Å². The van der Waals surface area contributed by atoms with Gasteiger partial charge < -0.3 is 5.84 Å². The summed E-state index contributed by atoms with van der Waals surface area (Å²) in [5.41, 5.74) is 0. The van der Waals surface area contributed by atoms with Crippen molar-refractivity contribution in [2.75, 3.05) is 5.84 Å². The molecule has 0 unspecified atom stereocenters. The smallest absolute Gasteiger partial charge is 0.151 e. The highest BCUT2D eigenvalue weighted by Crippen LogP contribution is 2.12. The number of nitrogens with zero attached hydrogens (tertiary/aromatic N) is 3. The molecule has 0 saturated carbocycles. The van der Waals surface area contributed by atoms with Crippen LogP contribution in [0.3, 0.4) is 0 Å². The molecule has 1 heterocycles. The molecule has 1 aromatic rings. The van der Waals surface area contributed by atoms with Gasteiger partial charge in [0, 0.05) is 12.8 Å². The Kier molecular flexibility index (Phi) is 12.5. The number of nitrogen functional groups attached to an aromatic ring is 1. The molecule has 2 N–H and O–H groups in total. The second-order valence-corrected chi connectivity index (χ2v) is 7.15. The molecule has 4 nitrogen and oxygen atoms in total. The number of rotatable bonds is 16. The normalized spacial score (nSPS) is 11.2. The van der Waals surface area contributed by atoms with E-state index in [1.54, 1.807) is 4.68 Å². The molecule has 0 aliphatic carbocycles. The quantitative estimate of drug-likeness (QED) is 0.317. The summed E-state index contributed by atoms with van der Waals surface area (Å²) in [5.74, 6) is 8.08. The molecular formula is C20H40N4. The minimum Gasteiger partial charge on any atom is -0.336 e. The molecular weight excluding hydrogens is 296 g/mol. The van der Waals surface area contributed by atoms with E-state index in [1.165, 1.54) is 89.9 Å². The Hall–Kier alpha value is -1.06. The van der Waals surface area contributed by atoms with Crippen molar-refractivity contribution in [3.05, 3.63) is 11.6 Å². The van der Waals surface area contributed by atoms with E-state index in [4.69, 9.17) is 5.84 Å². The van der Waals surface area contributed by atoms with Crippen LogP contribution < -0.4 is 5.84 Å². The maximum Gasteiger partial charge on any atom is 0.151 e. The number of aromatic nitrogens is 3. The molecule has 0 saturated heterocycles. The summed E-state index contributed by atoms with van der Waals surface area (Å²) in [6, 6.07) is 0. The fraction of sp³-hybridized carbons (Fsp3) is 0.900. The average molecular weight is 337 g/mol. The molecule has 0 bridgehead atoms. The van der Waals surface area contributed by atoms with E-state index >= 15 is 0 Å². The first-order chi connectivity index (χ1) is 11.8. The summed E-state index contributed by atoms with van der Waals surface area (Å²) >= 11 is 0. The van der Waals surface area contributed by atoms with Crippen LogP contribution in [0.1, 0.15) is 115 Å². The molecule has 0 aromatic carbocycles. The average Bonchev–Trinajstić information content (AvgIpc) is 2.93. The third-order valence-corrected chi connectivity index (χ3v) is 4.84. The summed E-state index contributed by atoms with van der Waals surface area (Å²) in [5, 5.41) is 8.58. The van der Waals surface area contributed by atoms with Crippen molar-refractivity contribution in [2.45, 2.75) is 117 Å². The lowest BCUT2D eigenvalue weighted by molar-refractivity contribution is 0.576. The zero-order valence-corrected chi connectivity index (χ0v) is 16.2. The zero-order valence-electron chi connectivity index (χ0n) is 16.2. The summed E-state index contributed by atoms with van der Waals surface area (Å²) in [6.45, 7) is 4.52. The van der Waals surface area contributed by atoms with Crippen LogP contribution >= 0.6 is 0 Å². The van der Waals surface area contributed by atoms with Crippen molar-refractivity contribution in [3.63, 3.8) is 0 Å². The molecule has 0 amide bonds. The van der Waals surface area contributed by atoms with Gasteiger partial charge in [-0.3, -0.25) is 0 Å². The summed E-state index contributed by atoms with van der Waals surface area (Å²) in [6.07, 6.45) is 20.4. The van der Waals surface area contributed by atoms with E-state index in [0.29, 0.717) is 0 Å². The number of hydrogen-bond acceptors (Lipinski definition) is 3. The van der Waals surface area contributed by atoms with Crippen LogP contribution in [0.4, 0.5) is 0 Å². The van der Waals surface area contributed by atoms with E-state index in [2.05, 4.69) is 24.0 Å². The molecule has 140 valence electrons. The highest BCUT2D eigenvalue weighted by Gasteiger charge is 2.08. The van der Waals surface area contributed by atoms with Gasteiger partial charge in [0.15, 0.2) is 11.6 Å². The van der Waals surface area contributed by atoms with Gasteiger partial charge in [0.25, 0.3) is 0 Å². The Bertz CT molecular complexity index is 365. The lowest BCUT2D eigenvalue weighted by Gasteiger charge is -2.04. The Morgan fingerprint density at radius 2 is 0.917 bits per heavy atom. The van der Waals surface area contributed by atoms with E-state index in [9.17, 15) is 0 Å². The Balaban J connectivity index is 2.10. The Morgan fingerprint density at radius 3 is 1.29 bits per heavy atom. The van der Waals surface area contributed by atoms with Crippen LogP contribution in [0.2, 0.25) is 0 Å². The Morgan fingerprint density at radius 1 is 0.583 bits per heavy atom. The van der Waals surface area contributed by atoms with Gasteiger partial charge >= 0.3 is 0 Å². The molecule has 0 atom stereocenters. The van der Waals surface area contributed by atoms with Crippen LogP contribution in [0, 0.1) is 0 Å². The van der Waals surface area contributed by atoms with E-state index in [-0.39, 0.29) is 0 Å². The van der Waals surface area contributed by atoms with Gasteiger partial charge in [-0.15, -0.1) is 10.2 Å². The lowest BCUT2D eigenvalue weighted by atomic mass is 10.1. The SMILES string of the molecule is CCCCCCCCCc1nnc(CCCCCCCCC)n1N. The first kappa shape index (κ1) is 21.0. The fourth-order valence-corrected chi connectivity index (χ4v) is 3.18. The number of unbranched alkanes of at least 4 members (excludes halogenated alkanes) is 12. The maximum absolute atomic E-state index is 6.16. The molecule has 0 fully saturated rings. The topological polar surface area (TPSA) is 56.7 Å². The van der Waals surface area contributed by atoms with Gasteiger partial charge in [-0.2, -0.15) is 0 Å². The molecule has 0 aliphatic rings. The van der Waals surface area contributed by atoms with E-state index < -0.39 is 0 Å². The molecule has 0 spiro atoms. The van der Waals surface area contributed by atoms with Gasteiger partial charge in [-0.05, 0) is 12.8 Å². The van der Waals surface area contributed by atoms with Crippen molar-refractivity contribution >= 4 is 0 Å². The molecule has 0 radical (unpaired) electrons. The Labute approximate surface area is 149 Å². The number of aryl methyl sites for hydroxylation is 2. The first-order valence-corrected chi connectivity index (χ1v) is 10.5. The second-order valence-electron chi connectivity index (χ2n) is 7.15. The minimum atomic E-state index is 0.960. The monoisotopic (exact) mass is 336 g/mol. The van der Waals surface area contributed by atoms with E-state index in [0.717, 1.165) is 24.5 Å². The highest BCUT2D eigenvalue weighted by molar-refractivity contribution is 4.96. The zero-order chi connectivity index (χ0) is 17.5. The minimum absolute atomic E-state index is 0.960. The van der Waals surface area contributed by atoms with Crippen LogP contribution in [0.25, 0.3) is 0 Å². The highest BCUT2D eigenvalue weighted by atomic mass is 15.4. The molecule has 1 rings (SSSR count). The summed E-state index contributed by atoms with van der Waals surface area (Å²) in [7, 11) is 0. The lowest BCUT2D eigenvalue weighted by Crippen LogP contribution is -2.16. The van der Waals surface area contributed by atoms with Gasteiger partial charge in [0.2, 0.25) is 0 Å². The van der Waals surface area contributed by atoms with Crippen LogP contribution in [0.5, 0.6) is 0 Å². The molecule has 0 aliphatic heterocycles. The first-order valence-electron chi connectivity index (χ1n) is 10.5. The van der Waals surface area contributed by atoms with Gasteiger partial charge in [0.05, 0.1) is 0 Å². The predicted molar refractivity (Wildman–Crippen MR) is 104 cm³/mol. The van der Waals surface area contributed by atoms with E-state index in [1.807, 2.05) is 0 Å². The number of nitrogens with two attached hydrogens (primary N) is 1.